The quantitative estimate of drug-likeness (QED) is 0.665. The van der Waals surface area contributed by atoms with Crippen LogP contribution in [0.2, 0.25) is 0 Å². The van der Waals surface area contributed by atoms with E-state index in [-0.39, 0.29) is 5.82 Å². The molecule has 17 heavy (non-hydrogen) atoms. The van der Waals surface area contributed by atoms with Crippen molar-refractivity contribution in [1.82, 2.24) is 0 Å². The molecule has 1 nitrogen and oxygen atoms in total. The van der Waals surface area contributed by atoms with Crippen LogP contribution in [0.15, 0.2) is 18.2 Å². The van der Waals surface area contributed by atoms with E-state index in [1.54, 1.807) is 6.07 Å². The highest BCUT2D eigenvalue weighted by atomic mass is 19.1. The summed E-state index contributed by atoms with van der Waals surface area (Å²) in [5, 5.41) is 3.25. The molecule has 0 heterocycles. The molecule has 1 rings (SSSR count). The molecule has 0 aliphatic heterocycles. The minimum absolute atomic E-state index is 0.156. The van der Waals surface area contributed by atoms with E-state index in [2.05, 4.69) is 19.2 Å². The second-order valence-electron chi connectivity index (χ2n) is 4.88. The van der Waals surface area contributed by atoms with Gasteiger partial charge < -0.3 is 5.32 Å². The lowest BCUT2D eigenvalue weighted by Crippen LogP contribution is -2.15. The van der Waals surface area contributed by atoms with Gasteiger partial charge in [0.15, 0.2) is 0 Å². The van der Waals surface area contributed by atoms with Crippen LogP contribution in [0.1, 0.15) is 51.5 Å². The van der Waals surface area contributed by atoms with Crippen molar-refractivity contribution in [2.24, 2.45) is 0 Å². The number of halogens is 1. The molecule has 1 aromatic carbocycles. The van der Waals surface area contributed by atoms with Crippen molar-refractivity contribution in [3.63, 3.8) is 0 Å². The van der Waals surface area contributed by atoms with E-state index < -0.39 is 0 Å². The minimum Gasteiger partial charge on any atom is -0.380 e. The molecule has 0 fully saturated rings. The van der Waals surface area contributed by atoms with Crippen molar-refractivity contribution >= 4 is 5.69 Å². The van der Waals surface area contributed by atoms with Gasteiger partial charge in [-0.3, -0.25) is 0 Å². The van der Waals surface area contributed by atoms with Gasteiger partial charge in [-0.1, -0.05) is 38.7 Å². The Morgan fingerprint density at radius 1 is 1.24 bits per heavy atom. The maximum Gasteiger partial charge on any atom is 0.146 e. The number of aryl methyl sites for hydroxylation is 1. The molecule has 2 heteroatoms. The average Bonchev–Trinajstić information content (AvgIpc) is 2.29. The maximum atomic E-state index is 13.5. The van der Waals surface area contributed by atoms with Gasteiger partial charge >= 0.3 is 0 Å². The summed E-state index contributed by atoms with van der Waals surface area (Å²) in [5.41, 5.74) is 1.72. The average molecular weight is 237 g/mol. The van der Waals surface area contributed by atoms with Crippen LogP contribution in [0, 0.1) is 12.7 Å². The smallest absolute Gasteiger partial charge is 0.146 e. The fourth-order valence-electron chi connectivity index (χ4n) is 1.96. The standard InChI is InChI=1S/C15H24FN/c1-4-5-6-7-8-13(3)17-15-11-12(2)9-10-14(15)16/h9-11,13,17H,4-8H2,1-3H3. The number of benzene rings is 1. The van der Waals surface area contributed by atoms with Crippen molar-refractivity contribution in [3.05, 3.63) is 29.6 Å². The van der Waals surface area contributed by atoms with E-state index in [1.165, 1.54) is 31.7 Å². The van der Waals surface area contributed by atoms with Crippen molar-refractivity contribution in [2.75, 3.05) is 5.32 Å². The van der Waals surface area contributed by atoms with Gasteiger partial charge in [-0.2, -0.15) is 0 Å². The molecule has 0 aliphatic rings. The second-order valence-corrected chi connectivity index (χ2v) is 4.88. The van der Waals surface area contributed by atoms with E-state index in [9.17, 15) is 4.39 Å². The zero-order valence-corrected chi connectivity index (χ0v) is 11.2. The number of hydrogen-bond acceptors (Lipinski definition) is 1. The lowest BCUT2D eigenvalue weighted by atomic mass is 10.1. The Balaban J connectivity index is 2.39. The first-order chi connectivity index (χ1) is 8.13. The monoisotopic (exact) mass is 237 g/mol. The summed E-state index contributed by atoms with van der Waals surface area (Å²) in [6.45, 7) is 6.31. The lowest BCUT2D eigenvalue weighted by molar-refractivity contribution is 0.585. The molecule has 0 amide bonds. The van der Waals surface area contributed by atoms with Crippen molar-refractivity contribution in [3.8, 4) is 0 Å². The number of unbranched alkanes of at least 4 members (excludes halogenated alkanes) is 3. The van der Waals surface area contributed by atoms with Gasteiger partial charge in [0.05, 0.1) is 5.69 Å². The van der Waals surface area contributed by atoms with Gasteiger partial charge in [0.2, 0.25) is 0 Å². The summed E-state index contributed by atoms with van der Waals surface area (Å²) >= 11 is 0. The number of hydrogen-bond donors (Lipinski definition) is 1. The van der Waals surface area contributed by atoms with Crippen molar-refractivity contribution < 1.29 is 4.39 Å². The predicted molar refractivity (Wildman–Crippen MR) is 73.0 cm³/mol. The largest absolute Gasteiger partial charge is 0.380 e. The molecule has 1 atom stereocenters. The Morgan fingerprint density at radius 2 is 2.00 bits per heavy atom. The summed E-state index contributed by atoms with van der Waals surface area (Å²) in [4.78, 5) is 0. The van der Waals surface area contributed by atoms with E-state index in [1.807, 2.05) is 13.0 Å². The van der Waals surface area contributed by atoms with Crippen LogP contribution in [-0.2, 0) is 0 Å². The zero-order valence-electron chi connectivity index (χ0n) is 11.2. The highest BCUT2D eigenvalue weighted by Gasteiger charge is 2.06. The van der Waals surface area contributed by atoms with Crippen LogP contribution in [-0.4, -0.2) is 6.04 Å². The van der Waals surface area contributed by atoms with Crippen LogP contribution >= 0.6 is 0 Å². The molecular weight excluding hydrogens is 213 g/mol. The van der Waals surface area contributed by atoms with Crippen LogP contribution in [0.5, 0.6) is 0 Å². The molecule has 0 bridgehead atoms. The van der Waals surface area contributed by atoms with Crippen LogP contribution < -0.4 is 5.32 Å². The van der Waals surface area contributed by atoms with Gasteiger partial charge in [-0.15, -0.1) is 0 Å². The Labute approximate surface area is 104 Å². The SMILES string of the molecule is CCCCCCC(C)Nc1cc(C)ccc1F. The molecular formula is C15H24FN. The first-order valence-electron chi connectivity index (χ1n) is 6.66. The third kappa shape index (κ3) is 5.20. The van der Waals surface area contributed by atoms with E-state index in [0.29, 0.717) is 11.7 Å². The van der Waals surface area contributed by atoms with Gasteiger partial charge in [0.1, 0.15) is 5.82 Å². The third-order valence-electron chi connectivity index (χ3n) is 3.01. The molecule has 96 valence electrons. The van der Waals surface area contributed by atoms with Crippen LogP contribution in [0.4, 0.5) is 10.1 Å². The number of nitrogens with one attached hydrogen (secondary N) is 1. The Morgan fingerprint density at radius 3 is 2.71 bits per heavy atom. The predicted octanol–water partition coefficient (Wildman–Crippen LogP) is 4.90. The van der Waals surface area contributed by atoms with Crippen LogP contribution in [0.3, 0.4) is 0 Å². The van der Waals surface area contributed by atoms with Crippen molar-refractivity contribution in [1.29, 1.82) is 0 Å². The Hall–Kier alpha value is -1.05. The fourth-order valence-corrected chi connectivity index (χ4v) is 1.96. The molecule has 1 unspecified atom stereocenters. The van der Waals surface area contributed by atoms with E-state index in [0.717, 1.165) is 12.0 Å². The van der Waals surface area contributed by atoms with Gasteiger partial charge in [-0.05, 0) is 38.0 Å². The molecule has 0 saturated heterocycles. The first kappa shape index (κ1) is 14.0. The topological polar surface area (TPSA) is 12.0 Å². The number of anilines is 1. The highest BCUT2D eigenvalue weighted by Crippen LogP contribution is 2.18. The maximum absolute atomic E-state index is 13.5. The van der Waals surface area contributed by atoms with Gasteiger partial charge in [0, 0.05) is 6.04 Å². The zero-order chi connectivity index (χ0) is 12.7. The Bertz CT molecular complexity index is 336. The molecule has 1 N–H and O–H groups in total. The molecule has 0 aromatic heterocycles. The van der Waals surface area contributed by atoms with Gasteiger partial charge in [0.25, 0.3) is 0 Å². The second kappa shape index (κ2) is 7.31. The molecule has 0 spiro atoms. The van der Waals surface area contributed by atoms with E-state index >= 15 is 0 Å². The normalized spacial score (nSPS) is 12.5. The first-order valence-corrected chi connectivity index (χ1v) is 6.66. The summed E-state index contributed by atoms with van der Waals surface area (Å²) < 4.78 is 13.5. The van der Waals surface area contributed by atoms with E-state index in [4.69, 9.17) is 0 Å². The minimum atomic E-state index is -0.156. The molecule has 0 radical (unpaired) electrons. The summed E-state index contributed by atoms with van der Waals surface area (Å²) in [6.07, 6.45) is 6.15. The summed E-state index contributed by atoms with van der Waals surface area (Å²) in [5.74, 6) is -0.156. The van der Waals surface area contributed by atoms with Crippen molar-refractivity contribution in [2.45, 2.75) is 58.9 Å². The number of rotatable bonds is 7. The third-order valence-corrected chi connectivity index (χ3v) is 3.01. The molecule has 0 aliphatic carbocycles. The van der Waals surface area contributed by atoms with Crippen LogP contribution in [0.25, 0.3) is 0 Å². The highest BCUT2D eigenvalue weighted by molar-refractivity contribution is 5.47. The fraction of sp³-hybridized carbons (Fsp3) is 0.600. The molecule has 0 saturated carbocycles. The van der Waals surface area contributed by atoms with Gasteiger partial charge in [-0.25, -0.2) is 4.39 Å². The lowest BCUT2D eigenvalue weighted by Gasteiger charge is -2.16. The Kier molecular flexibility index (Phi) is 6.03. The summed E-state index contributed by atoms with van der Waals surface area (Å²) in [6, 6.07) is 5.54. The molecule has 1 aromatic rings. The summed E-state index contributed by atoms with van der Waals surface area (Å²) in [7, 11) is 0.